The van der Waals surface area contributed by atoms with E-state index in [1.807, 2.05) is 0 Å². The van der Waals surface area contributed by atoms with Crippen molar-refractivity contribution >= 4 is 0 Å². The molecule has 0 spiro atoms. The average molecular weight is 229 g/mol. The van der Waals surface area contributed by atoms with Crippen LogP contribution in [-0.2, 0) is 12.8 Å². The number of rotatable bonds is 3. The molecule has 0 saturated heterocycles. The van der Waals surface area contributed by atoms with Gasteiger partial charge in [0.05, 0.1) is 0 Å². The van der Waals surface area contributed by atoms with Crippen LogP contribution in [0.4, 0.5) is 0 Å². The summed E-state index contributed by atoms with van der Waals surface area (Å²) in [7, 11) is 0. The predicted octanol–water partition coefficient (Wildman–Crippen LogP) is 3.41. The van der Waals surface area contributed by atoms with E-state index in [0.29, 0.717) is 5.92 Å². The Kier molecular flexibility index (Phi) is 3.19. The lowest BCUT2D eigenvalue weighted by molar-refractivity contribution is 0.264. The molecule has 2 aliphatic carbocycles. The van der Waals surface area contributed by atoms with Crippen molar-refractivity contribution in [1.29, 1.82) is 0 Å². The molecule has 0 heterocycles. The SMILES string of the molecule is NCC(c1ccc2c(c1)CCCC2)C1CCC1. The van der Waals surface area contributed by atoms with Gasteiger partial charge in [-0.1, -0.05) is 24.6 Å². The molecule has 0 aliphatic heterocycles. The van der Waals surface area contributed by atoms with Crippen LogP contribution in [0.2, 0.25) is 0 Å². The molecule has 0 amide bonds. The van der Waals surface area contributed by atoms with Crippen LogP contribution in [0.3, 0.4) is 0 Å². The summed E-state index contributed by atoms with van der Waals surface area (Å²) in [6, 6.07) is 7.18. The standard InChI is InChI=1S/C16H23N/c17-11-16(13-6-3-7-13)15-9-8-12-4-1-2-5-14(12)10-15/h8-10,13,16H,1-7,11,17H2. The van der Waals surface area contributed by atoms with Crippen molar-refractivity contribution in [2.24, 2.45) is 11.7 Å². The molecule has 1 aromatic carbocycles. The van der Waals surface area contributed by atoms with Gasteiger partial charge in [0, 0.05) is 0 Å². The normalized spacial score (nSPS) is 21.7. The molecule has 3 rings (SSSR count). The van der Waals surface area contributed by atoms with Crippen molar-refractivity contribution < 1.29 is 0 Å². The van der Waals surface area contributed by atoms with E-state index in [1.54, 1.807) is 11.1 Å². The molecule has 1 nitrogen and oxygen atoms in total. The smallest absolute Gasteiger partial charge is 0.000556 e. The first-order chi connectivity index (χ1) is 8.38. The van der Waals surface area contributed by atoms with Gasteiger partial charge in [-0.25, -0.2) is 0 Å². The Morgan fingerprint density at radius 1 is 1.06 bits per heavy atom. The second-order valence-electron chi connectivity index (χ2n) is 5.77. The van der Waals surface area contributed by atoms with Crippen molar-refractivity contribution in [3.05, 3.63) is 34.9 Å². The Morgan fingerprint density at radius 2 is 1.82 bits per heavy atom. The van der Waals surface area contributed by atoms with Gasteiger partial charge >= 0.3 is 0 Å². The predicted molar refractivity (Wildman–Crippen MR) is 72.2 cm³/mol. The Hall–Kier alpha value is -0.820. The fourth-order valence-corrected chi connectivity index (χ4v) is 3.43. The maximum atomic E-state index is 5.99. The number of fused-ring (bicyclic) bond motifs is 1. The molecular formula is C16H23N. The van der Waals surface area contributed by atoms with E-state index >= 15 is 0 Å². The lowest BCUT2D eigenvalue weighted by Gasteiger charge is -2.34. The number of benzene rings is 1. The van der Waals surface area contributed by atoms with E-state index in [2.05, 4.69) is 18.2 Å². The van der Waals surface area contributed by atoms with Gasteiger partial charge in [-0.2, -0.15) is 0 Å². The van der Waals surface area contributed by atoms with Crippen LogP contribution in [0.25, 0.3) is 0 Å². The Bertz CT molecular complexity index is 393. The van der Waals surface area contributed by atoms with E-state index in [9.17, 15) is 0 Å². The van der Waals surface area contributed by atoms with Crippen LogP contribution in [0.5, 0.6) is 0 Å². The van der Waals surface area contributed by atoms with Crippen LogP contribution in [-0.4, -0.2) is 6.54 Å². The van der Waals surface area contributed by atoms with Crippen molar-refractivity contribution in [2.45, 2.75) is 50.9 Å². The van der Waals surface area contributed by atoms with Gasteiger partial charge in [0.15, 0.2) is 0 Å². The van der Waals surface area contributed by atoms with Gasteiger partial charge in [0.1, 0.15) is 0 Å². The molecule has 2 N–H and O–H groups in total. The number of hydrogen-bond donors (Lipinski definition) is 1. The molecule has 1 heteroatoms. The maximum Gasteiger partial charge on any atom is -0.000556 e. The minimum Gasteiger partial charge on any atom is -0.330 e. The van der Waals surface area contributed by atoms with Crippen LogP contribution < -0.4 is 5.73 Å². The van der Waals surface area contributed by atoms with E-state index < -0.39 is 0 Å². The largest absolute Gasteiger partial charge is 0.330 e. The average Bonchev–Trinajstić information content (AvgIpc) is 2.33. The summed E-state index contributed by atoms with van der Waals surface area (Å²) in [6.07, 6.45) is 9.49. The van der Waals surface area contributed by atoms with E-state index in [4.69, 9.17) is 5.73 Å². The summed E-state index contributed by atoms with van der Waals surface area (Å²) >= 11 is 0. The summed E-state index contributed by atoms with van der Waals surface area (Å²) in [5, 5.41) is 0. The summed E-state index contributed by atoms with van der Waals surface area (Å²) in [5.41, 5.74) is 10.7. The van der Waals surface area contributed by atoms with Gasteiger partial charge in [-0.3, -0.25) is 0 Å². The zero-order valence-corrected chi connectivity index (χ0v) is 10.6. The molecule has 1 fully saturated rings. The minimum atomic E-state index is 0.621. The molecule has 92 valence electrons. The van der Waals surface area contributed by atoms with Crippen LogP contribution in [0.1, 0.15) is 54.7 Å². The fraction of sp³-hybridized carbons (Fsp3) is 0.625. The fourth-order valence-electron chi connectivity index (χ4n) is 3.43. The highest BCUT2D eigenvalue weighted by atomic mass is 14.6. The van der Waals surface area contributed by atoms with Crippen LogP contribution in [0, 0.1) is 5.92 Å². The van der Waals surface area contributed by atoms with E-state index in [-0.39, 0.29) is 0 Å². The molecule has 1 atom stereocenters. The lowest BCUT2D eigenvalue weighted by atomic mass is 9.72. The Morgan fingerprint density at radius 3 is 2.47 bits per heavy atom. The molecule has 17 heavy (non-hydrogen) atoms. The van der Waals surface area contributed by atoms with Gasteiger partial charge < -0.3 is 5.73 Å². The van der Waals surface area contributed by atoms with Gasteiger partial charge in [0.2, 0.25) is 0 Å². The van der Waals surface area contributed by atoms with Crippen LogP contribution >= 0.6 is 0 Å². The third-order valence-corrected chi connectivity index (χ3v) is 4.77. The third kappa shape index (κ3) is 2.13. The highest BCUT2D eigenvalue weighted by molar-refractivity contribution is 5.36. The molecule has 0 aromatic heterocycles. The monoisotopic (exact) mass is 229 g/mol. The van der Waals surface area contributed by atoms with Crippen LogP contribution in [0.15, 0.2) is 18.2 Å². The molecule has 1 saturated carbocycles. The Labute approximate surface area is 104 Å². The second kappa shape index (κ2) is 4.81. The molecule has 0 radical (unpaired) electrons. The first-order valence-corrected chi connectivity index (χ1v) is 7.20. The summed E-state index contributed by atoms with van der Waals surface area (Å²) < 4.78 is 0. The first kappa shape index (κ1) is 11.3. The number of aryl methyl sites for hydroxylation is 2. The summed E-state index contributed by atoms with van der Waals surface area (Å²) in [5.74, 6) is 1.48. The highest BCUT2D eigenvalue weighted by Crippen LogP contribution is 2.39. The number of nitrogens with two attached hydrogens (primary N) is 1. The summed E-state index contributed by atoms with van der Waals surface area (Å²) in [6.45, 7) is 0.823. The zero-order chi connectivity index (χ0) is 11.7. The van der Waals surface area contributed by atoms with Crippen molar-refractivity contribution in [2.75, 3.05) is 6.54 Å². The Balaban J connectivity index is 1.86. The second-order valence-corrected chi connectivity index (χ2v) is 5.77. The topological polar surface area (TPSA) is 26.0 Å². The minimum absolute atomic E-state index is 0.621. The van der Waals surface area contributed by atoms with E-state index in [0.717, 1.165) is 12.5 Å². The quantitative estimate of drug-likeness (QED) is 0.844. The number of hydrogen-bond acceptors (Lipinski definition) is 1. The van der Waals surface area contributed by atoms with Crippen molar-refractivity contribution in [3.8, 4) is 0 Å². The van der Waals surface area contributed by atoms with Gasteiger partial charge in [-0.15, -0.1) is 0 Å². The van der Waals surface area contributed by atoms with Crippen molar-refractivity contribution in [1.82, 2.24) is 0 Å². The highest BCUT2D eigenvalue weighted by Gasteiger charge is 2.27. The van der Waals surface area contributed by atoms with Gasteiger partial charge in [-0.05, 0) is 73.6 Å². The molecule has 0 bridgehead atoms. The molecule has 1 aromatic rings. The zero-order valence-electron chi connectivity index (χ0n) is 10.6. The molecule has 2 aliphatic rings. The van der Waals surface area contributed by atoms with Gasteiger partial charge in [0.25, 0.3) is 0 Å². The third-order valence-electron chi connectivity index (χ3n) is 4.77. The summed E-state index contributed by atoms with van der Waals surface area (Å²) in [4.78, 5) is 0. The van der Waals surface area contributed by atoms with Crippen molar-refractivity contribution in [3.63, 3.8) is 0 Å². The van der Waals surface area contributed by atoms with E-state index in [1.165, 1.54) is 50.5 Å². The maximum absolute atomic E-state index is 5.99. The molecule has 1 unspecified atom stereocenters. The molecular weight excluding hydrogens is 206 g/mol. The first-order valence-electron chi connectivity index (χ1n) is 7.20. The lowest BCUT2D eigenvalue weighted by Crippen LogP contribution is -2.26.